The lowest BCUT2D eigenvalue weighted by Crippen LogP contribution is -2.55. The molecule has 0 atom stereocenters. The van der Waals surface area contributed by atoms with E-state index in [2.05, 4.69) is 9.88 Å². The second-order valence-corrected chi connectivity index (χ2v) is 6.63. The molecule has 1 aliphatic heterocycles. The van der Waals surface area contributed by atoms with Crippen LogP contribution >= 0.6 is 11.3 Å². The molecule has 1 saturated heterocycles. The van der Waals surface area contributed by atoms with E-state index in [0.29, 0.717) is 25.9 Å². The van der Waals surface area contributed by atoms with Crippen molar-refractivity contribution in [3.8, 4) is 0 Å². The van der Waals surface area contributed by atoms with Crippen LogP contribution in [-0.2, 0) is 4.79 Å². The summed E-state index contributed by atoms with van der Waals surface area (Å²) in [6, 6.07) is 0. The van der Waals surface area contributed by atoms with Gasteiger partial charge in [-0.25, -0.2) is 4.98 Å². The maximum atomic E-state index is 12.4. The number of hydrogen-bond donors (Lipinski definition) is 1. The van der Waals surface area contributed by atoms with E-state index in [1.807, 2.05) is 17.2 Å². The lowest BCUT2D eigenvalue weighted by molar-refractivity contribution is -0.151. The van der Waals surface area contributed by atoms with Gasteiger partial charge >= 0.3 is 0 Å². The molecule has 2 heterocycles. The number of anilines is 1. The Bertz CT molecular complexity index is 488. The summed E-state index contributed by atoms with van der Waals surface area (Å²) in [4.78, 5) is 20.9. The summed E-state index contributed by atoms with van der Waals surface area (Å²) in [6.07, 6.45) is 3.16. The third-order valence-electron chi connectivity index (χ3n) is 4.27. The summed E-state index contributed by atoms with van der Waals surface area (Å²) in [5.41, 5.74) is -0.0382. The van der Waals surface area contributed by atoms with Crippen LogP contribution in [0.2, 0.25) is 0 Å². The van der Waals surface area contributed by atoms with Crippen molar-refractivity contribution >= 4 is 22.4 Å². The molecule has 2 aliphatic rings. The molecule has 5 nitrogen and oxygen atoms in total. The first kappa shape index (κ1) is 13.8. The van der Waals surface area contributed by atoms with Gasteiger partial charge in [0.1, 0.15) is 5.60 Å². The number of amides is 1. The minimum Gasteiger partial charge on any atom is -0.380 e. The van der Waals surface area contributed by atoms with Gasteiger partial charge in [0.15, 0.2) is 5.13 Å². The molecule has 1 aromatic heterocycles. The Hall–Kier alpha value is -1.14. The van der Waals surface area contributed by atoms with E-state index >= 15 is 0 Å². The van der Waals surface area contributed by atoms with Gasteiger partial charge in [0, 0.05) is 31.6 Å². The van der Waals surface area contributed by atoms with Crippen molar-refractivity contribution in [2.24, 2.45) is 0 Å². The van der Waals surface area contributed by atoms with Gasteiger partial charge in [-0.2, -0.15) is 0 Å². The zero-order valence-electron chi connectivity index (χ0n) is 11.8. The van der Waals surface area contributed by atoms with Crippen LogP contribution in [0.15, 0.2) is 5.38 Å². The zero-order valence-corrected chi connectivity index (χ0v) is 12.7. The van der Waals surface area contributed by atoms with Crippen LogP contribution in [0, 0.1) is 6.92 Å². The van der Waals surface area contributed by atoms with E-state index in [1.54, 1.807) is 11.3 Å². The Balaban J connectivity index is 1.59. The molecular weight excluding hydrogens is 274 g/mol. The standard InChI is InChI=1S/C14H21N3O2S/c1-11-10-20-13(15-11)17-8-6-16(7-9-17)12(18)14(19)4-2-3-5-14/h10,19H,2-9H2,1H3. The largest absolute Gasteiger partial charge is 0.380 e. The van der Waals surface area contributed by atoms with Gasteiger partial charge in [0.05, 0.1) is 5.69 Å². The molecule has 0 radical (unpaired) electrons. The van der Waals surface area contributed by atoms with Crippen LogP contribution in [0.3, 0.4) is 0 Å². The Labute approximate surface area is 123 Å². The van der Waals surface area contributed by atoms with Crippen molar-refractivity contribution in [2.75, 3.05) is 31.1 Å². The zero-order chi connectivity index (χ0) is 14.2. The van der Waals surface area contributed by atoms with Crippen LogP contribution < -0.4 is 4.90 Å². The highest BCUT2D eigenvalue weighted by molar-refractivity contribution is 7.13. The van der Waals surface area contributed by atoms with Crippen LogP contribution in [0.4, 0.5) is 5.13 Å². The highest BCUT2D eigenvalue weighted by Crippen LogP contribution is 2.32. The first-order valence-corrected chi connectivity index (χ1v) is 8.15. The summed E-state index contributed by atoms with van der Waals surface area (Å²) in [7, 11) is 0. The molecule has 20 heavy (non-hydrogen) atoms. The fourth-order valence-corrected chi connectivity index (χ4v) is 3.91. The summed E-state index contributed by atoms with van der Waals surface area (Å²) in [5, 5.41) is 13.5. The number of carbonyl (C=O) groups is 1. The normalized spacial score (nSPS) is 22.3. The minimum atomic E-state index is -1.08. The van der Waals surface area contributed by atoms with Gasteiger partial charge in [-0.1, -0.05) is 0 Å². The number of piperazine rings is 1. The van der Waals surface area contributed by atoms with Gasteiger partial charge in [-0.05, 0) is 32.6 Å². The first-order chi connectivity index (χ1) is 9.58. The quantitative estimate of drug-likeness (QED) is 0.896. The van der Waals surface area contributed by atoms with Crippen molar-refractivity contribution in [3.05, 3.63) is 11.1 Å². The van der Waals surface area contributed by atoms with Crippen molar-refractivity contribution in [1.29, 1.82) is 0 Å². The Morgan fingerprint density at radius 2 is 1.95 bits per heavy atom. The third-order valence-corrected chi connectivity index (χ3v) is 5.29. The summed E-state index contributed by atoms with van der Waals surface area (Å²) in [6.45, 7) is 4.96. The molecule has 1 saturated carbocycles. The molecule has 0 bridgehead atoms. The highest BCUT2D eigenvalue weighted by atomic mass is 32.1. The monoisotopic (exact) mass is 295 g/mol. The second kappa shape index (κ2) is 5.33. The lowest BCUT2D eigenvalue weighted by Gasteiger charge is -2.37. The smallest absolute Gasteiger partial charge is 0.254 e. The van der Waals surface area contributed by atoms with E-state index in [9.17, 15) is 9.90 Å². The Morgan fingerprint density at radius 3 is 2.50 bits per heavy atom. The van der Waals surface area contributed by atoms with E-state index in [0.717, 1.165) is 36.8 Å². The molecule has 1 N–H and O–H groups in total. The van der Waals surface area contributed by atoms with Crippen LogP contribution in [0.1, 0.15) is 31.4 Å². The molecule has 2 fully saturated rings. The predicted octanol–water partition coefficient (Wildman–Crippen LogP) is 1.41. The van der Waals surface area contributed by atoms with Gasteiger partial charge in [-0.15, -0.1) is 11.3 Å². The topological polar surface area (TPSA) is 56.7 Å². The van der Waals surface area contributed by atoms with Crippen LogP contribution in [-0.4, -0.2) is 52.7 Å². The lowest BCUT2D eigenvalue weighted by atomic mass is 10.0. The van der Waals surface area contributed by atoms with Crippen molar-refractivity contribution in [1.82, 2.24) is 9.88 Å². The van der Waals surface area contributed by atoms with Gasteiger partial charge in [-0.3, -0.25) is 4.79 Å². The molecule has 0 aromatic carbocycles. The molecule has 3 rings (SSSR count). The maximum absolute atomic E-state index is 12.4. The number of nitrogens with zero attached hydrogens (tertiary/aromatic N) is 3. The average molecular weight is 295 g/mol. The van der Waals surface area contributed by atoms with E-state index in [1.165, 1.54) is 0 Å². The molecule has 1 aliphatic carbocycles. The van der Waals surface area contributed by atoms with Gasteiger partial charge < -0.3 is 14.9 Å². The molecule has 0 spiro atoms. The van der Waals surface area contributed by atoms with E-state index < -0.39 is 5.60 Å². The van der Waals surface area contributed by atoms with Crippen molar-refractivity contribution in [2.45, 2.75) is 38.2 Å². The molecule has 1 aromatic rings. The number of thiazole rings is 1. The van der Waals surface area contributed by atoms with Crippen LogP contribution in [0.25, 0.3) is 0 Å². The molecule has 0 unspecified atom stereocenters. The van der Waals surface area contributed by atoms with Gasteiger partial charge in [0.25, 0.3) is 5.91 Å². The second-order valence-electron chi connectivity index (χ2n) is 5.79. The fraction of sp³-hybridized carbons (Fsp3) is 0.714. The van der Waals surface area contributed by atoms with E-state index in [4.69, 9.17) is 0 Å². The number of aliphatic hydroxyl groups is 1. The average Bonchev–Trinajstić information content (AvgIpc) is 3.08. The number of carbonyl (C=O) groups excluding carboxylic acids is 1. The SMILES string of the molecule is Cc1csc(N2CCN(C(=O)C3(O)CCCC3)CC2)n1. The molecular formula is C14H21N3O2S. The summed E-state index contributed by atoms with van der Waals surface area (Å²) < 4.78 is 0. The minimum absolute atomic E-state index is 0.0648. The molecule has 6 heteroatoms. The Morgan fingerprint density at radius 1 is 1.30 bits per heavy atom. The molecule has 1 amide bonds. The summed E-state index contributed by atoms with van der Waals surface area (Å²) >= 11 is 1.65. The predicted molar refractivity (Wildman–Crippen MR) is 79.1 cm³/mol. The fourth-order valence-electron chi connectivity index (χ4n) is 3.06. The maximum Gasteiger partial charge on any atom is 0.254 e. The molecule has 110 valence electrons. The van der Waals surface area contributed by atoms with Crippen molar-refractivity contribution < 1.29 is 9.90 Å². The van der Waals surface area contributed by atoms with Crippen molar-refractivity contribution in [3.63, 3.8) is 0 Å². The van der Waals surface area contributed by atoms with Gasteiger partial charge in [0.2, 0.25) is 0 Å². The third kappa shape index (κ3) is 2.54. The van der Waals surface area contributed by atoms with E-state index in [-0.39, 0.29) is 5.91 Å². The highest BCUT2D eigenvalue weighted by Gasteiger charge is 2.42. The van der Waals surface area contributed by atoms with Crippen LogP contribution in [0.5, 0.6) is 0 Å². The number of rotatable bonds is 2. The summed E-state index contributed by atoms with van der Waals surface area (Å²) in [5.74, 6) is -0.0648. The first-order valence-electron chi connectivity index (χ1n) is 7.27. The number of aryl methyl sites for hydroxylation is 1. The number of aromatic nitrogens is 1. The number of hydrogen-bond acceptors (Lipinski definition) is 5. The Kier molecular flexibility index (Phi) is 3.69.